The van der Waals surface area contributed by atoms with E-state index in [4.69, 9.17) is 0 Å². The summed E-state index contributed by atoms with van der Waals surface area (Å²) in [5.41, 5.74) is 0.756. The molecular formula is C15H21N3O3. The van der Waals surface area contributed by atoms with Crippen LogP contribution in [0.15, 0.2) is 30.3 Å². The zero-order valence-corrected chi connectivity index (χ0v) is 12.4. The highest BCUT2D eigenvalue weighted by Crippen LogP contribution is 2.17. The molecule has 0 aromatic heterocycles. The second-order valence-electron chi connectivity index (χ2n) is 5.11. The first-order valence-electron chi connectivity index (χ1n) is 6.98. The second kappa shape index (κ2) is 7.08. The highest BCUT2D eigenvalue weighted by molar-refractivity contribution is 5.87. The number of nitrogens with one attached hydrogen (secondary N) is 1. The number of hydrogen-bond acceptors (Lipinski definition) is 4. The molecule has 6 heteroatoms. The molecule has 1 fully saturated rings. The molecule has 1 aromatic rings. The van der Waals surface area contributed by atoms with Crippen LogP contribution in [-0.4, -0.2) is 62.1 Å². The zero-order chi connectivity index (χ0) is 15.2. The molecule has 0 saturated carbocycles. The highest BCUT2D eigenvalue weighted by Gasteiger charge is 2.29. The van der Waals surface area contributed by atoms with Gasteiger partial charge in [-0.15, -0.1) is 0 Å². The molecular weight excluding hydrogens is 270 g/mol. The van der Waals surface area contributed by atoms with Crippen molar-refractivity contribution >= 4 is 12.0 Å². The Kier molecular flexibility index (Phi) is 5.16. The van der Waals surface area contributed by atoms with Crippen molar-refractivity contribution < 1.29 is 14.3 Å². The van der Waals surface area contributed by atoms with Crippen LogP contribution in [0.25, 0.3) is 0 Å². The number of amides is 2. The van der Waals surface area contributed by atoms with Crippen molar-refractivity contribution in [2.75, 3.05) is 40.3 Å². The third kappa shape index (κ3) is 3.95. The van der Waals surface area contributed by atoms with Crippen LogP contribution in [0.4, 0.5) is 4.79 Å². The van der Waals surface area contributed by atoms with Gasteiger partial charge in [0.15, 0.2) is 0 Å². The van der Waals surface area contributed by atoms with Gasteiger partial charge in [0.2, 0.25) is 5.91 Å². The van der Waals surface area contributed by atoms with E-state index in [-0.39, 0.29) is 5.91 Å². The number of nitrogens with zero attached hydrogens (tertiary/aromatic N) is 2. The van der Waals surface area contributed by atoms with Gasteiger partial charge >= 0.3 is 6.09 Å². The maximum atomic E-state index is 12.7. The van der Waals surface area contributed by atoms with Crippen molar-refractivity contribution in [2.24, 2.45) is 0 Å². The second-order valence-corrected chi connectivity index (χ2v) is 5.11. The molecule has 1 atom stereocenters. The van der Waals surface area contributed by atoms with Crippen LogP contribution in [0.1, 0.15) is 11.6 Å². The molecule has 1 aliphatic heterocycles. The number of likely N-dealkylation sites (N-methyl/N-ethyl adjacent to an activating group) is 1. The average Bonchev–Trinajstić information content (AvgIpc) is 2.53. The van der Waals surface area contributed by atoms with Crippen molar-refractivity contribution in [1.82, 2.24) is 15.1 Å². The van der Waals surface area contributed by atoms with Gasteiger partial charge in [-0.2, -0.15) is 0 Å². The maximum Gasteiger partial charge on any atom is 0.407 e. The minimum absolute atomic E-state index is 0.0975. The number of benzene rings is 1. The van der Waals surface area contributed by atoms with Crippen LogP contribution >= 0.6 is 0 Å². The monoisotopic (exact) mass is 291 g/mol. The van der Waals surface area contributed by atoms with E-state index in [0.29, 0.717) is 13.1 Å². The number of rotatable bonds is 3. The van der Waals surface area contributed by atoms with E-state index in [0.717, 1.165) is 18.7 Å². The molecule has 1 aromatic carbocycles. The van der Waals surface area contributed by atoms with Gasteiger partial charge in [0.05, 0.1) is 7.11 Å². The van der Waals surface area contributed by atoms with Crippen molar-refractivity contribution in [3.8, 4) is 0 Å². The summed E-state index contributed by atoms with van der Waals surface area (Å²) in [6.45, 7) is 3.01. The molecule has 2 amide bonds. The third-order valence-electron chi connectivity index (χ3n) is 3.64. The Labute approximate surface area is 124 Å². The molecule has 114 valence electrons. The van der Waals surface area contributed by atoms with E-state index in [2.05, 4.69) is 15.0 Å². The van der Waals surface area contributed by atoms with Crippen molar-refractivity contribution in [3.63, 3.8) is 0 Å². The fourth-order valence-corrected chi connectivity index (χ4v) is 2.32. The topological polar surface area (TPSA) is 61.9 Å². The summed E-state index contributed by atoms with van der Waals surface area (Å²) in [4.78, 5) is 28.2. The summed E-state index contributed by atoms with van der Waals surface area (Å²) in [7, 11) is 3.32. The summed E-state index contributed by atoms with van der Waals surface area (Å²) >= 11 is 0. The van der Waals surface area contributed by atoms with Gasteiger partial charge in [-0.05, 0) is 12.6 Å². The van der Waals surface area contributed by atoms with Gasteiger partial charge in [0, 0.05) is 26.2 Å². The maximum absolute atomic E-state index is 12.7. The van der Waals surface area contributed by atoms with Crippen molar-refractivity contribution in [2.45, 2.75) is 6.04 Å². The molecule has 21 heavy (non-hydrogen) atoms. The first kappa shape index (κ1) is 15.3. The molecule has 1 saturated heterocycles. The quantitative estimate of drug-likeness (QED) is 0.897. The Morgan fingerprint density at radius 3 is 2.33 bits per heavy atom. The molecule has 0 spiro atoms. The molecule has 6 nitrogen and oxygen atoms in total. The largest absolute Gasteiger partial charge is 0.453 e. The van der Waals surface area contributed by atoms with E-state index in [9.17, 15) is 9.59 Å². The van der Waals surface area contributed by atoms with E-state index < -0.39 is 12.1 Å². The van der Waals surface area contributed by atoms with Gasteiger partial charge in [-0.1, -0.05) is 30.3 Å². The molecule has 2 rings (SSSR count). The lowest BCUT2D eigenvalue weighted by Gasteiger charge is -2.34. The Morgan fingerprint density at radius 2 is 1.76 bits per heavy atom. The van der Waals surface area contributed by atoms with Crippen LogP contribution in [0, 0.1) is 0 Å². The van der Waals surface area contributed by atoms with E-state index in [1.165, 1.54) is 7.11 Å². The molecule has 1 aliphatic rings. The van der Waals surface area contributed by atoms with E-state index in [1.54, 1.807) is 4.90 Å². The summed E-state index contributed by atoms with van der Waals surface area (Å²) < 4.78 is 4.63. The number of carbonyl (C=O) groups is 2. The Balaban J connectivity index is 2.14. The number of carbonyl (C=O) groups excluding carboxylic acids is 2. The van der Waals surface area contributed by atoms with Crippen LogP contribution in [-0.2, 0) is 9.53 Å². The lowest BCUT2D eigenvalue weighted by molar-refractivity contribution is -0.135. The first-order chi connectivity index (χ1) is 10.1. The smallest absolute Gasteiger partial charge is 0.407 e. The van der Waals surface area contributed by atoms with Crippen molar-refractivity contribution in [3.05, 3.63) is 35.9 Å². The van der Waals surface area contributed by atoms with Crippen molar-refractivity contribution in [1.29, 1.82) is 0 Å². The fourth-order valence-electron chi connectivity index (χ4n) is 2.32. The minimum atomic E-state index is -0.706. The predicted molar refractivity (Wildman–Crippen MR) is 78.8 cm³/mol. The number of alkyl carbamates (subject to hydrolysis) is 1. The number of methoxy groups -OCH3 is 1. The summed E-state index contributed by atoms with van der Waals surface area (Å²) in [5.74, 6) is -0.0975. The average molecular weight is 291 g/mol. The molecule has 1 N–H and O–H groups in total. The highest BCUT2D eigenvalue weighted by atomic mass is 16.5. The number of hydrogen-bond donors (Lipinski definition) is 1. The minimum Gasteiger partial charge on any atom is -0.453 e. The predicted octanol–water partition coefficient (Wildman–Crippen LogP) is 0.858. The van der Waals surface area contributed by atoms with Gasteiger partial charge in [-0.25, -0.2) is 4.79 Å². The van der Waals surface area contributed by atoms with Crippen LogP contribution < -0.4 is 5.32 Å². The molecule has 0 aliphatic carbocycles. The molecule has 1 heterocycles. The van der Waals surface area contributed by atoms with Crippen LogP contribution in [0.2, 0.25) is 0 Å². The van der Waals surface area contributed by atoms with Gasteiger partial charge in [-0.3, -0.25) is 4.79 Å². The lowest BCUT2D eigenvalue weighted by atomic mass is 10.1. The Hall–Kier alpha value is -2.08. The molecule has 0 unspecified atom stereocenters. The summed E-state index contributed by atoms with van der Waals surface area (Å²) in [6, 6.07) is 8.52. The van der Waals surface area contributed by atoms with Gasteiger partial charge in [0.25, 0.3) is 0 Å². The number of piperazine rings is 1. The normalized spacial score (nSPS) is 17.1. The number of ether oxygens (including phenoxy) is 1. The van der Waals surface area contributed by atoms with Gasteiger partial charge < -0.3 is 19.9 Å². The molecule has 0 radical (unpaired) electrons. The lowest BCUT2D eigenvalue weighted by Crippen LogP contribution is -2.51. The van der Waals surface area contributed by atoms with Crippen LogP contribution in [0.5, 0.6) is 0 Å². The summed E-state index contributed by atoms with van der Waals surface area (Å²) in [5, 5.41) is 2.63. The van der Waals surface area contributed by atoms with E-state index >= 15 is 0 Å². The summed E-state index contributed by atoms with van der Waals surface area (Å²) in [6.07, 6.45) is -0.605. The standard InChI is InChI=1S/C15H21N3O3/c1-17-8-10-18(11-9-17)14(19)13(16-15(20)21-2)12-6-4-3-5-7-12/h3-7,13H,8-11H2,1-2H3,(H,16,20)/t13-/m0/s1. The fraction of sp³-hybridized carbons (Fsp3) is 0.467. The Morgan fingerprint density at radius 1 is 1.14 bits per heavy atom. The third-order valence-corrected chi connectivity index (χ3v) is 3.64. The van der Waals surface area contributed by atoms with Crippen LogP contribution in [0.3, 0.4) is 0 Å². The SMILES string of the molecule is COC(=O)N[C@H](C(=O)N1CCN(C)CC1)c1ccccc1. The zero-order valence-electron chi connectivity index (χ0n) is 12.4. The van der Waals surface area contributed by atoms with Gasteiger partial charge in [0.1, 0.15) is 6.04 Å². The van der Waals surface area contributed by atoms with E-state index in [1.807, 2.05) is 37.4 Å². The molecule has 0 bridgehead atoms. The Bertz CT molecular complexity index is 484. The first-order valence-corrected chi connectivity index (χ1v) is 6.98.